The van der Waals surface area contributed by atoms with Crippen LogP contribution in [0.2, 0.25) is 0 Å². The molecule has 0 radical (unpaired) electrons. The van der Waals surface area contributed by atoms with Gasteiger partial charge in [0.15, 0.2) is 0 Å². The molecule has 6 heteroatoms. The molecule has 1 fully saturated rings. The first-order valence-corrected chi connectivity index (χ1v) is 7.39. The smallest absolute Gasteiger partial charge is 0.244 e. The highest BCUT2D eigenvalue weighted by Gasteiger charge is 2.31. The van der Waals surface area contributed by atoms with Crippen molar-refractivity contribution in [2.24, 2.45) is 11.7 Å². The number of nitrogens with zero attached hydrogens (tertiary/aromatic N) is 1. The zero-order valence-electron chi connectivity index (χ0n) is 10.0. The molecule has 1 aromatic rings. The van der Waals surface area contributed by atoms with Crippen molar-refractivity contribution in [3.8, 4) is 0 Å². The molecule has 3 N–H and O–H groups in total. The van der Waals surface area contributed by atoms with Gasteiger partial charge in [0.05, 0.1) is 4.90 Å². The fourth-order valence-electron chi connectivity index (χ4n) is 1.82. The number of rotatable bonds is 6. The Hall–Kier alpha value is -0.850. The molecule has 1 saturated carbocycles. The van der Waals surface area contributed by atoms with Crippen molar-refractivity contribution in [3.05, 3.63) is 18.0 Å². The molecule has 96 valence electrons. The molecule has 0 saturated heterocycles. The second-order valence-electron chi connectivity index (χ2n) is 4.46. The molecule has 0 aliphatic heterocycles. The van der Waals surface area contributed by atoms with E-state index in [0.29, 0.717) is 30.4 Å². The van der Waals surface area contributed by atoms with Crippen LogP contribution in [0.3, 0.4) is 0 Å². The number of aromatic nitrogens is 1. The summed E-state index contributed by atoms with van der Waals surface area (Å²) in [7, 11) is -3.35. The molecule has 1 aliphatic carbocycles. The first kappa shape index (κ1) is 12.6. The maximum atomic E-state index is 12.3. The quantitative estimate of drug-likeness (QED) is 0.794. The Morgan fingerprint density at radius 3 is 2.71 bits per heavy atom. The lowest BCUT2D eigenvalue weighted by Crippen LogP contribution is -2.32. The zero-order chi connectivity index (χ0) is 12.5. The van der Waals surface area contributed by atoms with Gasteiger partial charge in [-0.15, -0.1) is 0 Å². The highest BCUT2D eigenvalue weighted by atomic mass is 32.2. The van der Waals surface area contributed by atoms with Crippen molar-refractivity contribution in [1.29, 1.82) is 0 Å². The van der Waals surface area contributed by atoms with Crippen LogP contribution >= 0.6 is 0 Å². The molecule has 1 aromatic heterocycles. The van der Waals surface area contributed by atoms with Crippen molar-refractivity contribution in [1.82, 2.24) is 9.29 Å². The van der Waals surface area contributed by atoms with Gasteiger partial charge in [-0.05, 0) is 24.8 Å². The van der Waals surface area contributed by atoms with E-state index in [9.17, 15) is 8.42 Å². The monoisotopic (exact) mass is 257 g/mol. The van der Waals surface area contributed by atoms with Crippen LogP contribution in [0.1, 0.15) is 25.5 Å². The Kier molecular flexibility index (Phi) is 3.56. The summed E-state index contributed by atoms with van der Waals surface area (Å²) in [4.78, 5) is 3.20. The van der Waals surface area contributed by atoms with Crippen molar-refractivity contribution < 1.29 is 8.42 Å². The van der Waals surface area contributed by atoms with Gasteiger partial charge in [-0.1, -0.05) is 6.92 Å². The average molecular weight is 257 g/mol. The molecule has 0 amide bonds. The lowest BCUT2D eigenvalue weighted by Gasteiger charge is -2.19. The Balaban J connectivity index is 2.19. The number of aromatic amines is 1. The van der Waals surface area contributed by atoms with E-state index in [1.807, 2.05) is 6.92 Å². The van der Waals surface area contributed by atoms with Crippen LogP contribution in [0.25, 0.3) is 0 Å². The summed E-state index contributed by atoms with van der Waals surface area (Å²) >= 11 is 0. The Morgan fingerprint density at radius 1 is 1.53 bits per heavy atom. The molecule has 1 heterocycles. The standard InChI is InChI=1S/C11H19N3O2S/c1-2-14(8-9-3-4-9)17(15,16)11-5-10(6-12)13-7-11/h5,7,9,13H,2-4,6,8,12H2,1H3. The molecule has 0 aromatic carbocycles. The predicted molar refractivity (Wildman–Crippen MR) is 65.8 cm³/mol. The van der Waals surface area contributed by atoms with Crippen molar-refractivity contribution in [2.75, 3.05) is 13.1 Å². The Bertz CT molecular complexity index is 477. The molecule has 0 atom stereocenters. The predicted octanol–water partition coefficient (Wildman–Crippen LogP) is 0.894. The van der Waals surface area contributed by atoms with Gasteiger partial charge in [0.2, 0.25) is 10.0 Å². The molecule has 0 bridgehead atoms. The first-order valence-electron chi connectivity index (χ1n) is 5.95. The van der Waals surface area contributed by atoms with Gasteiger partial charge in [-0.2, -0.15) is 4.31 Å². The van der Waals surface area contributed by atoms with Crippen LogP contribution in [0.15, 0.2) is 17.2 Å². The van der Waals surface area contributed by atoms with Gasteiger partial charge >= 0.3 is 0 Å². The number of hydrogen-bond donors (Lipinski definition) is 2. The number of sulfonamides is 1. The summed E-state index contributed by atoms with van der Waals surface area (Å²) < 4.78 is 26.2. The summed E-state index contributed by atoms with van der Waals surface area (Å²) in [6, 6.07) is 1.62. The van der Waals surface area contributed by atoms with E-state index in [0.717, 1.165) is 18.5 Å². The second-order valence-corrected chi connectivity index (χ2v) is 6.40. The number of H-pyrrole nitrogens is 1. The van der Waals surface area contributed by atoms with Crippen LogP contribution in [0, 0.1) is 5.92 Å². The first-order chi connectivity index (χ1) is 8.07. The highest BCUT2D eigenvalue weighted by molar-refractivity contribution is 7.89. The van der Waals surface area contributed by atoms with E-state index >= 15 is 0 Å². The van der Waals surface area contributed by atoms with Crippen molar-refractivity contribution in [3.63, 3.8) is 0 Å². The third-order valence-corrected chi connectivity index (χ3v) is 5.00. The van der Waals surface area contributed by atoms with Gasteiger partial charge in [-0.25, -0.2) is 8.42 Å². The molecule has 5 nitrogen and oxygen atoms in total. The Morgan fingerprint density at radius 2 is 2.24 bits per heavy atom. The summed E-state index contributed by atoms with van der Waals surface area (Å²) in [6.45, 7) is 3.35. The van der Waals surface area contributed by atoms with E-state index in [4.69, 9.17) is 5.73 Å². The fraction of sp³-hybridized carbons (Fsp3) is 0.636. The number of hydrogen-bond acceptors (Lipinski definition) is 3. The lowest BCUT2D eigenvalue weighted by atomic mass is 10.4. The van der Waals surface area contributed by atoms with E-state index in [1.54, 1.807) is 10.4 Å². The zero-order valence-corrected chi connectivity index (χ0v) is 10.8. The number of nitrogens with two attached hydrogens (primary N) is 1. The molecular weight excluding hydrogens is 238 g/mol. The van der Waals surface area contributed by atoms with Crippen molar-refractivity contribution >= 4 is 10.0 Å². The van der Waals surface area contributed by atoms with Crippen LogP contribution in [-0.4, -0.2) is 30.8 Å². The van der Waals surface area contributed by atoms with Crippen LogP contribution in [0.4, 0.5) is 0 Å². The maximum Gasteiger partial charge on any atom is 0.244 e. The van der Waals surface area contributed by atoms with E-state index in [-0.39, 0.29) is 0 Å². The third kappa shape index (κ3) is 2.70. The molecule has 0 spiro atoms. The summed E-state index contributed by atoms with van der Waals surface area (Å²) in [5.41, 5.74) is 6.21. The molecular formula is C11H19N3O2S. The lowest BCUT2D eigenvalue weighted by molar-refractivity contribution is 0.412. The summed E-state index contributed by atoms with van der Waals surface area (Å²) in [5.74, 6) is 0.553. The van der Waals surface area contributed by atoms with E-state index in [2.05, 4.69) is 4.98 Å². The highest BCUT2D eigenvalue weighted by Crippen LogP contribution is 2.31. The third-order valence-electron chi connectivity index (χ3n) is 3.09. The van der Waals surface area contributed by atoms with Gasteiger partial charge in [0.25, 0.3) is 0 Å². The van der Waals surface area contributed by atoms with Crippen LogP contribution < -0.4 is 5.73 Å². The largest absolute Gasteiger partial charge is 0.363 e. The molecule has 17 heavy (non-hydrogen) atoms. The Labute approximate surface area is 102 Å². The fourth-order valence-corrected chi connectivity index (χ4v) is 3.36. The number of nitrogens with one attached hydrogen (secondary N) is 1. The van der Waals surface area contributed by atoms with Crippen molar-refractivity contribution in [2.45, 2.75) is 31.2 Å². The van der Waals surface area contributed by atoms with E-state index < -0.39 is 10.0 Å². The minimum atomic E-state index is -3.35. The molecule has 1 aliphatic rings. The van der Waals surface area contributed by atoms with Gasteiger partial charge in [0, 0.05) is 31.5 Å². The SMILES string of the molecule is CCN(CC1CC1)S(=O)(=O)c1c[nH]c(CN)c1. The second kappa shape index (κ2) is 4.80. The summed E-state index contributed by atoms with van der Waals surface area (Å²) in [6.07, 6.45) is 3.81. The summed E-state index contributed by atoms with van der Waals surface area (Å²) in [5, 5.41) is 0. The maximum absolute atomic E-state index is 12.3. The van der Waals surface area contributed by atoms with E-state index in [1.165, 1.54) is 6.20 Å². The van der Waals surface area contributed by atoms with Crippen LogP contribution in [-0.2, 0) is 16.6 Å². The van der Waals surface area contributed by atoms with Gasteiger partial charge < -0.3 is 10.7 Å². The molecule has 0 unspecified atom stereocenters. The minimum Gasteiger partial charge on any atom is -0.363 e. The molecule has 2 rings (SSSR count). The van der Waals surface area contributed by atoms with Gasteiger partial charge in [-0.3, -0.25) is 0 Å². The van der Waals surface area contributed by atoms with Crippen LogP contribution in [0.5, 0.6) is 0 Å². The normalized spacial score (nSPS) is 16.6. The average Bonchev–Trinajstić information content (AvgIpc) is 2.99. The topological polar surface area (TPSA) is 79.2 Å². The minimum absolute atomic E-state index is 0.320. The van der Waals surface area contributed by atoms with Gasteiger partial charge in [0.1, 0.15) is 0 Å².